The Hall–Kier alpha value is 0.0400. The fourth-order valence-electron chi connectivity index (χ4n) is 0.815. The monoisotopic (exact) mass is 284 g/mol. The van der Waals surface area contributed by atoms with Gasteiger partial charge >= 0.3 is 0 Å². The SMILES string of the molecule is OCCOc1c(Cl)cc(Br)cc1Cl. The molecule has 0 aliphatic heterocycles. The van der Waals surface area contributed by atoms with Crippen molar-refractivity contribution in [3.8, 4) is 5.75 Å². The number of rotatable bonds is 3. The Morgan fingerprint density at radius 2 is 1.85 bits per heavy atom. The van der Waals surface area contributed by atoms with E-state index in [-0.39, 0.29) is 13.2 Å². The van der Waals surface area contributed by atoms with Crippen LogP contribution in [0, 0.1) is 0 Å². The molecule has 0 aromatic heterocycles. The lowest BCUT2D eigenvalue weighted by Gasteiger charge is -2.08. The summed E-state index contributed by atoms with van der Waals surface area (Å²) in [6.07, 6.45) is 0. The van der Waals surface area contributed by atoms with Crippen molar-refractivity contribution in [3.05, 3.63) is 26.7 Å². The van der Waals surface area contributed by atoms with Crippen LogP contribution in [0.1, 0.15) is 0 Å². The van der Waals surface area contributed by atoms with Crippen molar-refractivity contribution in [1.82, 2.24) is 0 Å². The van der Waals surface area contributed by atoms with Crippen LogP contribution in [-0.4, -0.2) is 18.3 Å². The second-order valence-electron chi connectivity index (χ2n) is 2.27. The maximum absolute atomic E-state index is 8.54. The van der Waals surface area contributed by atoms with E-state index < -0.39 is 0 Å². The lowest BCUT2D eigenvalue weighted by molar-refractivity contribution is 0.201. The lowest BCUT2D eigenvalue weighted by atomic mass is 10.3. The molecule has 1 aromatic carbocycles. The predicted octanol–water partition coefficient (Wildman–Crippen LogP) is 3.13. The minimum atomic E-state index is -0.0667. The largest absolute Gasteiger partial charge is 0.488 e. The first-order chi connectivity index (χ1) is 6.15. The van der Waals surface area contributed by atoms with Gasteiger partial charge in [0.15, 0.2) is 5.75 Å². The molecule has 0 saturated carbocycles. The molecule has 0 aliphatic rings. The van der Waals surface area contributed by atoms with Gasteiger partial charge in [-0.25, -0.2) is 0 Å². The summed E-state index contributed by atoms with van der Waals surface area (Å²) in [5.41, 5.74) is 0. The van der Waals surface area contributed by atoms with Crippen LogP contribution >= 0.6 is 39.1 Å². The second kappa shape index (κ2) is 5.05. The predicted molar refractivity (Wildman–Crippen MR) is 56.7 cm³/mol. The smallest absolute Gasteiger partial charge is 0.156 e. The lowest BCUT2D eigenvalue weighted by Crippen LogP contribution is -2.02. The van der Waals surface area contributed by atoms with E-state index in [1.54, 1.807) is 12.1 Å². The molecule has 0 atom stereocenters. The highest BCUT2D eigenvalue weighted by Gasteiger charge is 2.08. The molecule has 0 saturated heterocycles. The maximum atomic E-state index is 8.54. The highest BCUT2D eigenvalue weighted by atomic mass is 79.9. The van der Waals surface area contributed by atoms with E-state index in [9.17, 15) is 0 Å². The summed E-state index contributed by atoms with van der Waals surface area (Å²) in [7, 11) is 0. The summed E-state index contributed by atoms with van der Waals surface area (Å²) in [5.74, 6) is 0.403. The van der Waals surface area contributed by atoms with Crippen LogP contribution in [0.2, 0.25) is 10.0 Å². The summed E-state index contributed by atoms with van der Waals surface area (Å²) < 4.78 is 5.93. The van der Waals surface area contributed by atoms with E-state index >= 15 is 0 Å². The molecule has 2 nitrogen and oxygen atoms in total. The molecule has 5 heteroatoms. The van der Waals surface area contributed by atoms with Crippen LogP contribution in [0.15, 0.2) is 16.6 Å². The minimum absolute atomic E-state index is 0.0667. The molecule has 0 radical (unpaired) electrons. The molecule has 1 aromatic rings. The second-order valence-corrected chi connectivity index (χ2v) is 4.00. The number of aliphatic hydroxyl groups excluding tert-OH is 1. The summed E-state index contributed by atoms with van der Waals surface area (Å²) in [6, 6.07) is 3.36. The standard InChI is InChI=1S/C8H7BrCl2O2/c9-5-3-6(10)8(7(11)4-5)13-2-1-12/h3-4,12H,1-2H2. The van der Waals surface area contributed by atoms with Gasteiger partial charge in [0.2, 0.25) is 0 Å². The van der Waals surface area contributed by atoms with E-state index in [0.717, 1.165) is 4.47 Å². The van der Waals surface area contributed by atoms with Crippen molar-refractivity contribution >= 4 is 39.1 Å². The zero-order chi connectivity index (χ0) is 9.84. The van der Waals surface area contributed by atoms with Crippen molar-refractivity contribution in [1.29, 1.82) is 0 Å². The zero-order valence-electron chi connectivity index (χ0n) is 6.56. The highest BCUT2D eigenvalue weighted by molar-refractivity contribution is 9.10. The van der Waals surface area contributed by atoms with E-state index in [1.165, 1.54) is 0 Å². The molecule has 0 heterocycles. The van der Waals surface area contributed by atoms with Crippen molar-refractivity contribution in [2.75, 3.05) is 13.2 Å². The quantitative estimate of drug-likeness (QED) is 0.925. The third-order valence-corrected chi connectivity index (χ3v) is 2.32. The summed E-state index contributed by atoms with van der Waals surface area (Å²) >= 11 is 14.9. The molecule has 72 valence electrons. The van der Waals surface area contributed by atoms with Gasteiger partial charge in [0.25, 0.3) is 0 Å². The third kappa shape index (κ3) is 3.02. The molecule has 1 N–H and O–H groups in total. The number of halogens is 3. The molecule has 0 unspecified atom stereocenters. The molecule has 0 bridgehead atoms. The van der Waals surface area contributed by atoms with Crippen LogP contribution in [-0.2, 0) is 0 Å². The fourth-order valence-corrected chi connectivity index (χ4v) is 2.13. The number of aliphatic hydroxyl groups is 1. The third-order valence-electron chi connectivity index (χ3n) is 1.30. The number of hydrogen-bond donors (Lipinski definition) is 1. The maximum Gasteiger partial charge on any atom is 0.156 e. The number of benzene rings is 1. The number of ether oxygens (including phenoxy) is 1. The van der Waals surface area contributed by atoms with Crippen LogP contribution in [0.4, 0.5) is 0 Å². The molecular weight excluding hydrogens is 279 g/mol. The van der Waals surface area contributed by atoms with E-state index in [4.69, 9.17) is 33.0 Å². The topological polar surface area (TPSA) is 29.5 Å². The van der Waals surface area contributed by atoms with Crippen LogP contribution in [0.25, 0.3) is 0 Å². The van der Waals surface area contributed by atoms with Crippen LogP contribution in [0.5, 0.6) is 5.75 Å². The first-order valence-electron chi connectivity index (χ1n) is 3.53. The molecule has 0 spiro atoms. The number of hydrogen-bond acceptors (Lipinski definition) is 2. The molecule has 0 amide bonds. The Labute approximate surface area is 94.5 Å². The average molecular weight is 286 g/mol. The Morgan fingerprint density at radius 3 is 2.31 bits per heavy atom. The zero-order valence-corrected chi connectivity index (χ0v) is 9.66. The summed E-state index contributed by atoms with van der Waals surface area (Å²) in [4.78, 5) is 0. The van der Waals surface area contributed by atoms with Crippen molar-refractivity contribution in [3.63, 3.8) is 0 Å². The van der Waals surface area contributed by atoms with Crippen molar-refractivity contribution < 1.29 is 9.84 Å². The van der Waals surface area contributed by atoms with Crippen molar-refractivity contribution in [2.45, 2.75) is 0 Å². The van der Waals surface area contributed by atoms with Gasteiger partial charge < -0.3 is 9.84 Å². The van der Waals surface area contributed by atoms with Gasteiger partial charge in [-0.1, -0.05) is 39.1 Å². The summed E-state index contributed by atoms with van der Waals surface area (Å²) in [6.45, 7) is 0.115. The van der Waals surface area contributed by atoms with E-state index in [1.807, 2.05) is 0 Å². The first kappa shape index (κ1) is 11.1. The molecule has 1 rings (SSSR count). The Balaban J connectivity index is 2.92. The van der Waals surface area contributed by atoms with Crippen LogP contribution in [0.3, 0.4) is 0 Å². The molecule has 0 aliphatic carbocycles. The first-order valence-corrected chi connectivity index (χ1v) is 5.08. The highest BCUT2D eigenvalue weighted by Crippen LogP contribution is 2.35. The molecule has 13 heavy (non-hydrogen) atoms. The van der Waals surface area contributed by atoms with Gasteiger partial charge in [0, 0.05) is 4.47 Å². The van der Waals surface area contributed by atoms with Crippen LogP contribution < -0.4 is 4.74 Å². The van der Waals surface area contributed by atoms with Gasteiger partial charge in [-0.2, -0.15) is 0 Å². The van der Waals surface area contributed by atoms with Gasteiger partial charge in [-0.3, -0.25) is 0 Å². The average Bonchev–Trinajstić information content (AvgIpc) is 2.02. The fraction of sp³-hybridized carbons (Fsp3) is 0.250. The van der Waals surface area contributed by atoms with Gasteiger partial charge in [-0.15, -0.1) is 0 Å². The minimum Gasteiger partial charge on any atom is -0.488 e. The van der Waals surface area contributed by atoms with Gasteiger partial charge in [0.1, 0.15) is 6.61 Å². The van der Waals surface area contributed by atoms with Gasteiger partial charge in [-0.05, 0) is 12.1 Å². The molecular formula is C8H7BrCl2O2. The Kier molecular flexibility index (Phi) is 4.32. The normalized spacial score (nSPS) is 10.2. The van der Waals surface area contributed by atoms with Crippen molar-refractivity contribution in [2.24, 2.45) is 0 Å². The Morgan fingerprint density at radius 1 is 1.31 bits per heavy atom. The van der Waals surface area contributed by atoms with E-state index in [0.29, 0.717) is 15.8 Å². The van der Waals surface area contributed by atoms with E-state index in [2.05, 4.69) is 15.9 Å². The van der Waals surface area contributed by atoms with Gasteiger partial charge in [0.05, 0.1) is 16.7 Å². The molecule has 0 fully saturated rings. The summed E-state index contributed by atoms with van der Waals surface area (Å²) in [5, 5.41) is 9.39. The Bertz CT molecular complexity index is 281.